The van der Waals surface area contributed by atoms with Gasteiger partial charge in [0, 0.05) is 38.4 Å². The van der Waals surface area contributed by atoms with Gasteiger partial charge in [-0.15, -0.1) is 11.6 Å². The van der Waals surface area contributed by atoms with Gasteiger partial charge in [-0.2, -0.15) is 0 Å². The van der Waals surface area contributed by atoms with Crippen LogP contribution in [-0.2, 0) is 7.05 Å². The van der Waals surface area contributed by atoms with Crippen molar-refractivity contribution in [3.05, 3.63) is 76.2 Å². The predicted molar refractivity (Wildman–Crippen MR) is 113 cm³/mol. The maximum absolute atomic E-state index is 12.9. The number of halogens is 1. The fraction of sp³-hybridized carbons (Fsp3) is 0.238. The average Bonchev–Trinajstić information content (AvgIpc) is 2.90. The monoisotopic (exact) mass is 382 g/mol. The van der Waals surface area contributed by atoms with Gasteiger partial charge in [-0.25, -0.2) is 9.67 Å². The molecule has 140 valence electrons. The molecular formula is C21H23ClN4O. The Balaban J connectivity index is 1.89. The second-order valence-electron chi connectivity index (χ2n) is 6.37. The Hall–Kier alpha value is -2.79. The Bertz CT molecular complexity index is 988. The molecule has 0 saturated heterocycles. The first-order chi connectivity index (χ1) is 13.0. The highest BCUT2D eigenvalue weighted by molar-refractivity contribution is 6.18. The molecule has 0 aliphatic carbocycles. The first kappa shape index (κ1) is 19.0. The molecule has 0 fully saturated rings. The molecule has 0 amide bonds. The minimum absolute atomic E-state index is 0.129. The summed E-state index contributed by atoms with van der Waals surface area (Å²) in [7, 11) is 3.87. The third kappa shape index (κ3) is 3.98. The highest BCUT2D eigenvalue weighted by atomic mass is 35.5. The smallest absolute Gasteiger partial charge is 0.297 e. The highest BCUT2D eigenvalue weighted by Crippen LogP contribution is 2.17. The third-order valence-corrected chi connectivity index (χ3v) is 4.79. The zero-order valence-corrected chi connectivity index (χ0v) is 16.5. The summed E-state index contributed by atoms with van der Waals surface area (Å²) in [6.07, 6.45) is 1.73. The summed E-state index contributed by atoms with van der Waals surface area (Å²) < 4.78 is 3.46. The van der Waals surface area contributed by atoms with E-state index in [2.05, 4.69) is 9.89 Å². The number of hydrogen-bond donors (Lipinski definition) is 0. The molecule has 0 N–H and O–H groups in total. The summed E-state index contributed by atoms with van der Waals surface area (Å²) >= 11 is 5.79. The molecule has 0 radical (unpaired) electrons. The van der Waals surface area contributed by atoms with Gasteiger partial charge in [0.15, 0.2) is 5.69 Å². The van der Waals surface area contributed by atoms with E-state index in [1.54, 1.807) is 10.9 Å². The van der Waals surface area contributed by atoms with Gasteiger partial charge in [0.05, 0.1) is 11.4 Å². The third-order valence-electron chi connectivity index (χ3n) is 4.62. The number of hydrogen-bond acceptors (Lipinski definition) is 3. The van der Waals surface area contributed by atoms with Crippen LogP contribution in [0.4, 0.5) is 11.4 Å². The largest absolute Gasteiger partial charge is 0.373 e. The molecule has 0 aliphatic rings. The number of para-hydroxylation sites is 1. The number of aliphatic imine (C=N–C) groups is 1. The molecule has 27 heavy (non-hydrogen) atoms. The Kier molecular flexibility index (Phi) is 5.81. The SMILES string of the molecule is Cc1c(N=Cc2ccc(N(C)CCCl)cc2)c(=O)n(-c2ccccc2)n1C. The lowest BCUT2D eigenvalue weighted by molar-refractivity contribution is 0.630. The van der Waals surface area contributed by atoms with E-state index in [4.69, 9.17) is 11.6 Å². The van der Waals surface area contributed by atoms with Crippen LogP contribution in [0.15, 0.2) is 64.4 Å². The van der Waals surface area contributed by atoms with Gasteiger partial charge in [0.25, 0.3) is 5.56 Å². The molecule has 3 rings (SSSR count). The Morgan fingerprint density at radius 2 is 1.78 bits per heavy atom. The number of anilines is 1. The van der Waals surface area contributed by atoms with E-state index in [0.29, 0.717) is 11.6 Å². The summed E-state index contributed by atoms with van der Waals surface area (Å²) in [4.78, 5) is 19.4. The zero-order valence-electron chi connectivity index (χ0n) is 15.8. The van der Waals surface area contributed by atoms with Crippen molar-refractivity contribution < 1.29 is 0 Å². The zero-order chi connectivity index (χ0) is 19.4. The molecule has 1 heterocycles. The quantitative estimate of drug-likeness (QED) is 0.479. The van der Waals surface area contributed by atoms with Crippen LogP contribution in [0, 0.1) is 6.92 Å². The van der Waals surface area contributed by atoms with E-state index in [0.717, 1.165) is 29.2 Å². The van der Waals surface area contributed by atoms with Crippen molar-refractivity contribution in [2.45, 2.75) is 6.92 Å². The predicted octanol–water partition coefficient (Wildman–Crippen LogP) is 3.91. The Morgan fingerprint density at radius 1 is 1.11 bits per heavy atom. The lowest BCUT2D eigenvalue weighted by atomic mass is 10.2. The topological polar surface area (TPSA) is 42.5 Å². The summed E-state index contributed by atoms with van der Waals surface area (Å²) in [6.45, 7) is 2.69. The van der Waals surface area contributed by atoms with Crippen LogP contribution in [0.1, 0.15) is 11.3 Å². The first-order valence-corrected chi connectivity index (χ1v) is 9.31. The number of rotatable bonds is 6. The molecule has 3 aromatic rings. The minimum atomic E-state index is -0.129. The number of aromatic nitrogens is 2. The molecule has 0 aliphatic heterocycles. The lowest BCUT2D eigenvalue weighted by Crippen LogP contribution is -2.19. The lowest BCUT2D eigenvalue weighted by Gasteiger charge is -2.17. The second kappa shape index (κ2) is 8.27. The van der Waals surface area contributed by atoms with E-state index in [-0.39, 0.29) is 5.56 Å². The summed E-state index contributed by atoms with van der Waals surface area (Å²) in [5.41, 5.74) is 3.99. The Labute approximate surface area is 164 Å². The van der Waals surface area contributed by atoms with Gasteiger partial charge in [-0.05, 0) is 36.8 Å². The van der Waals surface area contributed by atoms with Crippen molar-refractivity contribution in [1.29, 1.82) is 0 Å². The molecule has 0 spiro atoms. The van der Waals surface area contributed by atoms with Crippen molar-refractivity contribution in [2.75, 3.05) is 24.4 Å². The van der Waals surface area contributed by atoms with Crippen molar-refractivity contribution in [2.24, 2.45) is 12.0 Å². The van der Waals surface area contributed by atoms with Gasteiger partial charge < -0.3 is 4.90 Å². The molecule has 5 nitrogen and oxygen atoms in total. The Morgan fingerprint density at radius 3 is 2.41 bits per heavy atom. The summed E-state index contributed by atoms with van der Waals surface area (Å²) in [5.74, 6) is 0.584. The van der Waals surface area contributed by atoms with Crippen LogP contribution in [-0.4, -0.2) is 35.1 Å². The molecule has 0 saturated carbocycles. The molecule has 0 unspecified atom stereocenters. The van der Waals surface area contributed by atoms with E-state index in [9.17, 15) is 4.79 Å². The normalized spacial score (nSPS) is 11.3. The first-order valence-electron chi connectivity index (χ1n) is 8.78. The maximum Gasteiger partial charge on any atom is 0.297 e. The van der Waals surface area contributed by atoms with E-state index in [1.807, 2.05) is 80.3 Å². The molecule has 1 aromatic heterocycles. The van der Waals surface area contributed by atoms with E-state index >= 15 is 0 Å². The van der Waals surface area contributed by atoms with Crippen LogP contribution in [0.5, 0.6) is 0 Å². The van der Waals surface area contributed by atoms with E-state index in [1.165, 1.54) is 0 Å². The van der Waals surface area contributed by atoms with E-state index < -0.39 is 0 Å². The minimum Gasteiger partial charge on any atom is -0.373 e. The highest BCUT2D eigenvalue weighted by Gasteiger charge is 2.14. The molecule has 6 heteroatoms. The number of benzene rings is 2. The van der Waals surface area contributed by atoms with Crippen molar-refractivity contribution in [3.63, 3.8) is 0 Å². The second-order valence-corrected chi connectivity index (χ2v) is 6.75. The van der Waals surface area contributed by atoms with Gasteiger partial charge in [0.1, 0.15) is 0 Å². The van der Waals surface area contributed by atoms with Crippen LogP contribution in [0.2, 0.25) is 0 Å². The van der Waals surface area contributed by atoms with Crippen molar-refractivity contribution in [3.8, 4) is 5.69 Å². The van der Waals surface area contributed by atoms with Crippen LogP contribution in [0.25, 0.3) is 5.69 Å². The van der Waals surface area contributed by atoms with Crippen LogP contribution in [0.3, 0.4) is 0 Å². The molecular weight excluding hydrogens is 360 g/mol. The van der Waals surface area contributed by atoms with Crippen molar-refractivity contribution in [1.82, 2.24) is 9.36 Å². The van der Waals surface area contributed by atoms with Gasteiger partial charge in [0.2, 0.25) is 0 Å². The standard InChI is InChI=1S/C21H23ClN4O/c1-16-20(21(27)26(25(16)3)19-7-5-4-6-8-19)23-15-17-9-11-18(12-10-17)24(2)14-13-22/h4-12,15H,13-14H2,1-3H3. The summed E-state index contributed by atoms with van der Waals surface area (Å²) in [5, 5.41) is 0. The van der Waals surface area contributed by atoms with Gasteiger partial charge >= 0.3 is 0 Å². The molecule has 0 bridgehead atoms. The fourth-order valence-electron chi connectivity index (χ4n) is 2.91. The molecule has 2 aromatic carbocycles. The van der Waals surface area contributed by atoms with Crippen LogP contribution >= 0.6 is 11.6 Å². The van der Waals surface area contributed by atoms with Crippen LogP contribution < -0.4 is 10.5 Å². The molecule has 0 atom stereocenters. The number of nitrogens with zero attached hydrogens (tertiary/aromatic N) is 4. The maximum atomic E-state index is 12.9. The average molecular weight is 383 g/mol. The van der Waals surface area contributed by atoms with Gasteiger partial charge in [-0.1, -0.05) is 30.3 Å². The van der Waals surface area contributed by atoms with Crippen molar-refractivity contribution >= 4 is 29.2 Å². The van der Waals surface area contributed by atoms with Gasteiger partial charge in [-0.3, -0.25) is 9.48 Å². The number of alkyl halides is 1. The summed E-state index contributed by atoms with van der Waals surface area (Å²) in [6, 6.07) is 17.6. The fourth-order valence-corrected chi connectivity index (χ4v) is 3.17.